The van der Waals surface area contributed by atoms with Crippen LogP contribution in [0, 0.1) is 0 Å². The highest BCUT2D eigenvalue weighted by Gasteiger charge is 2.10. The van der Waals surface area contributed by atoms with E-state index in [-0.39, 0.29) is 11.6 Å². The number of halogens is 1. The molecular weight excluding hydrogens is 378 g/mol. The second-order valence-electron chi connectivity index (χ2n) is 6.17. The maximum absolute atomic E-state index is 12.3. The van der Waals surface area contributed by atoms with Crippen LogP contribution in [0.15, 0.2) is 54.6 Å². The normalized spacial score (nSPS) is 10.3. The van der Waals surface area contributed by atoms with E-state index in [4.69, 9.17) is 16.3 Å². The second kappa shape index (κ2) is 8.58. The number of carbonyl (C=O) groups excluding carboxylic acids is 1. The Labute approximate surface area is 168 Å². The maximum atomic E-state index is 12.3. The van der Waals surface area contributed by atoms with Crippen LogP contribution in [0.2, 0.25) is 5.02 Å². The number of nitrogens with zero attached hydrogens (tertiary/aromatic N) is 3. The van der Waals surface area contributed by atoms with Crippen molar-refractivity contribution in [2.75, 3.05) is 36.7 Å². The van der Waals surface area contributed by atoms with Crippen molar-refractivity contribution >= 4 is 40.4 Å². The van der Waals surface area contributed by atoms with Crippen molar-refractivity contribution in [1.29, 1.82) is 0 Å². The monoisotopic (exact) mass is 397 g/mol. The zero-order chi connectivity index (χ0) is 20.1. The fourth-order valence-electron chi connectivity index (χ4n) is 2.45. The van der Waals surface area contributed by atoms with Crippen molar-refractivity contribution in [2.24, 2.45) is 0 Å². The van der Waals surface area contributed by atoms with Gasteiger partial charge in [-0.2, -0.15) is 0 Å². The lowest BCUT2D eigenvalue weighted by molar-refractivity contribution is 0.102. The van der Waals surface area contributed by atoms with E-state index in [0.29, 0.717) is 22.3 Å². The van der Waals surface area contributed by atoms with E-state index < -0.39 is 0 Å². The Morgan fingerprint density at radius 3 is 2.29 bits per heavy atom. The molecule has 0 bridgehead atoms. The molecule has 0 fully saturated rings. The molecule has 2 N–H and O–H groups in total. The van der Waals surface area contributed by atoms with Gasteiger partial charge in [0.1, 0.15) is 5.75 Å². The van der Waals surface area contributed by atoms with Crippen molar-refractivity contribution in [3.8, 4) is 5.75 Å². The molecule has 1 aromatic heterocycles. The lowest BCUT2D eigenvalue weighted by atomic mass is 10.2. The Morgan fingerprint density at radius 1 is 1.00 bits per heavy atom. The molecular formula is C20H20ClN5O2. The zero-order valence-corrected chi connectivity index (χ0v) is 16.5. The molecule has 0 saturated heterocycles. The molecule has 8 heteroatoms. The Kier molecular flexibility index (Phi) is 5.96. The minimum absolute atomic E-state index is 0.218. The van der Waals surface area contributed by atoms with Crippen LogP contribution in [0.5, 0.6) is 5.75 Å². The van der Waals surface area contributed by atoms with Crippen LogP contribution in [0.4, 0.5) is 22.9 Å². The van der Waals surface area contributed by atoms with Gasteiger partial charge in [-0.3, -0.25) is 4.79 Å². The average Bonchev–Trinajstić information content (AvgIpc) is 2.69. The Bertz CT molecular complexity index is 959. The summed E-state index contributed by atoms with van der Waals surface area (Å²) in [5.41, 5.74) is 2.69. The van der Waals surface area contributed by atoms with E-state index in [1.165, 1.54) is 0 Å². The number of benzene rings is 2. The first kappa shape index (κ1) is 19.4. The number of nitrogens with one attached hydrogen (secondary N) is 2. The highest BCUT2D eigenvalue weighted by Crippen LogP contribution is 2.28. The van der Waals surface area contributed by atoms with E-state index >= 15 is 0 Å². The minimum Gasteiger partial charge on any atom is -0.495 e. The van der Waals surface area contributed by atoms with Gasteiger partial charge >= 0.3 is 0 Å². The molecule has 0 atom stereocenters. The van der Waals surface area contributed by atoms with E-state index in [0.717, 1.165) is 11.4 Å². The van der Waals surface area contributed by atoms with Crippen LogP contribution >= 0.6 is 11.6 Å². The predicted molar refractivity (Wildman–Crippen MR) is 112 cm³/mol. The second-order valence-corrected chi connectivity index (χ2v) is 6.58. The van der Waals surface area contributed by atoms with Gasteiger partial charge in [0.15, 0.2) is 11.5 Å². The largest absolute Gasteiger partial charge is 0.495 e. The van der Waals surface area contributed by atoms with E-state index in [1.54, 1.807) is 31.4 Å². The van der Waals surface area contributed by atoms with Crippen molar-refractivity contribution in [2.45, 2.75) is 0 Å². The maximum Gasteiger partial charge on any atom is 0.276 e. The van der Waals surface area contributed by atoms with Crippen LogP contribution in [0.25, 0.3) is 0 Å². The van der Waals surface area contributed by atoms with Crippen LogP contribution in [0.1, 0.15) is 10.5 Å². The third-order valence-electron chi connectivity index (χ3n) is 3.96. The van der Waals surface area contributed by atoms with Crippen molar-refractivity contribution in [1.82, 2.24) is 10.2 Å². The van der Waals surface area contributed by atoms with Gasteiger partial charge in [-0.1, -0.05) is 11.6 Å². The molecule has 1 heterocycles. The average molecular weight is 398 g/mol. The van der Waals surface area contributed by atoms with Gasteiger partial charge < -0.3 is 20.3 Å². The first-order chi connectivity index (χ1) is 13.5. The molecule has 3 rings (SSSR count). The van der Waals surface area contributed by atoms with Crippen LogP contribution < -0.4 is 20.3 Å². The summed E-state index contributed by atoms with van der Waals surface area (Å²) in [5.74, 6) is 0.751. The minimum atomic E-state index is -0.329. The lowest BCUT2D eigenvalue weighted by Gasteiger charge is -2.13. The van der Waals surface area contributed by atoms with Crippen molar-refractivity contribution in [3.63, 3.8) is 0 Å². The van der Waals surface area contributed by atoms with Crippen molar-refractivity contribution in [3.05, 3.63) is 65.3 Å². The number of anilines is 4. The van der Waals surface area contributed by atoms with Gasteiger partial charge in [0.05, 0.1) is 12.1 Å². The third kappa shape index (κ3) is 4.69. The van der Waals surface area contributed by atoms with Crippen LogP contribution in [0.3, 0.4) is 0 Å². The molecule has 3 aromatic rings. The van der Waals surface area contributed by atoms with E-state index in [9.17, 15) is 4.79 Å². The van der Waals surface area contributed by atoms with E-state index in [1.807, 2.05) is 49.3 Å². The summed E-state index contributed by atoms with van der Waals surface area (Å²) < 4.78 is 5.12. The quantitative estimate of drug-likeness (QED) is 0.649. The molecule has 28 heavy (non-hydrogen) atoms. The third-order valence-corrected chi connectivity index (χ3v) is 4.26. The summed E-state index contributed by atoms with van der Waals surface area (Å²) >= 11 is 6.11. The predicted octanol–water partition coefficient (Wildman–Crippen LogP) is 4.20. The molecule has 144 valence electrons. The topological polar surface area (TPSA) is 79.4 Å². The fourth-order valence-corrected chi connectivity index (χ4v) is 2.71. The summed E-state index contributed by atoms with van der Waals surface area (Å²) in [6.45, 7) is 0. The van der Waals surface area contributed by atoms with Gasteiger partial charge in [-0.25, -0.2) is 0 Å². The standard InChI is InChI=1S/C20H20ClN5O2/c1-26(2)15-7-4-13(5-8-15)23-20(27)17-9-11-19(25-24-17)22-14-6-10-18(28-3)16(21)12-14/h4-12H,1-3H3,(H,22,25)(H,23,27). The molecule has 0 saturated carbocycles. The number of amides is 1. The number of hydrogen-bond donors (Lipinski definition) is 2. The smallest absolute Gasteiger partial charge is 0.276 e. The fraction of sp³-hybridized carbons (Fsp3) is 0.150. The van der Waals surface area contributed by atoms with Crippen LogP contribution in [-0.2, 0) is 0 Å². The molecule has 7 nitrogen and oxygen atoms in total. The highest BCUT2D eigenvalue weighted by atomic mass is 35.5. The Balaban J connectivity index is 1.64. The summed E-state index contributed by atoms with van der Waals surface area (Å²) in [7, 11) is 5.47. The summed E-state index contributed by atoms with van der Waals surface area (Å²) in [6.07, 6.45) is 0. The highest BCUT2D eigenvalue weighted by molar-refractivity contribution is 6.32. The Hall–Kier alpha value is -3.32. The summed E-state index contributed by atoms with van der Waals surface area (Å²) in [4.78, 5) is 14.3. The number of carbonyl (C=O) groups is 1. The van der Waals surface area contributed by atoms with Gasteiger partial charge in [0, 0.05) is 31.2 Å². The molecule has 0 unspecified atom stereocenters. The zero-order valence-electron chi connectivity index (χ0n) is 15.7. The molecule has 0 aliphatic heterocycles. The van der Waals surface area contributed by atoms with Gasteiger partial charge in [-0.15, -0.1) is 10.2 Å². The number of rotatable bonds is 6. The number of aromatic nitrogens is 2. The summed E-state index contributed by atoms with van der Waals surface area (Å²) in [5, 5.41) is 14.4. The van der Waals surface area contributed by atoms with Gasteiger partial charge in [-0.05, 0) is 54.6 Å². The lowest BCUT2D eigenvalue weighted by Crippen LogP contribution is -2.15. The molecule has 0 radical (unpaired) electrons. The summed E-state index contributed by atoms with van der Waals surface area (Å²) in [6, 6.07) is 16.1. The molecule has 0 aliphatic carbocycles. The molecule has 0 spiro atoms. The first-order valence-electron chi connectivity index (χ1n) is 8.49. The molecule has 1 amide bonds. The molecule has 0 aliphatic rings. The first-order valence-corrected chi connectivity index (χ1v) is 8.87. The molecule has 2 aromatic carbocycles. The Morgan fingerprint density at radius 2 is 1.71 bits per heavy atom. The number of methoxy groups -OCH3 is 1. The SMILES string of the molecule is COc1ccc(Nc2ccc(C(=O)Nc3ccc(N(C)C)cc3)nn2)cc1Cl. The number of ether oxygens (including phenoxy) is 1. The number of hydrogen-bond acceptors (Lipinski definition) is 6. The van der Waals surface area contributed by atoms with Gasteiger partial charge in [0.2, 0.25) is 0 Å². The van der Waals surface area contributed by atoms with E-state index in [2.05, 4.69) is 20.8 Å². The van der Waals surface area contributed by atoms with Crippen molar-refractivity contribution < 1.29 is 9.53 Å². The van der Waals surface area contributed by atoms with Crippen LogP contribution in [-0.4, -0.2) is 37.3 Å². The van der Waals surface area contributed by atoms with Gasteiger partial charge in [0.25, 0.3) is 5.91 Å².